The molecule has 2 saturated carbocycles. The molecule has 3 N–H and O–H groups in total. The third-order valence-electron chi connectivity index (χ3n) is 10.7. The molecule has 14 heteroatoms. The van der Waals surface area contributed by atoms with Crippen LogP contribution in [0.25, 0.3) is 0 Å². The Morgan fingerprint density at radius 2 is 1.00 bits per heavy atom. The van der Waals surface area contributed by atoms with Gasteiger partial charge in [0.05, 0.1) is 6.61 Å². The lowest BCUT2D eigenvalue weighted by Gasteiger charge is -2.36. The van der Waals surface area contributed by atoms with Crippen molar-refractivity contribution in [2.24, 2.45) is 34.5 Å². The van der Waals surface area contributed by atoms with E-state index in [1.807, 2.05) is 41.5 Å². The Kier molecular flexibility index (Phi) is 14.2. The molecule has 2 aliphatic carbocycles. The molecule has 8 atom stereocenters. The summed E-state index contributed by atoms with van der Waals surface area (Å²) >= 11 is 0. The van der Waals surface area contributed by atoms with E-state index >= 15 is 0 Å². The van der Waals surface area contributed by atoms with E-state index in [0.29, 0.717) is 19.0 Å². The van der Waals surface area contributed by atoms with Gasteiger partial charge in [-0.05, 0) is 109 Å². The fourth-order valence-corrected chi connectivity index (χ4v) is 8.39. The van der Waals surface area contributed by atoms with Crippen molar-refractivity contribution in [3.05, 3.63) is 0 Å². The predicted molar refractivity (Wildman–Crippen MR) is 202 cm³/mol. The molecule has 4 rings (SSSR count). The Balaban J connectivity index is 0.000000291. The minimum absolute atomic E-state index is 0.0126. The number of amides is 4. The number of nitrogens with zero attached hydrogens (tertiary/aromatic N) is 2. The van der Waals surface area contributed by atoms with E-state index < -0.39 is 64.4 Å². The molecule has 4 amide bonds. The highest BCUT2D eigenvalue weighted by Crippen LogP contribution is 2.44. The van der Waals surface area contributed by atoms with Crippen LogP contribution in [-0.2, 0) is 33.4 Å². The van der Waals surface area contributed by atoms with Gasteiger partial charge >= 0.3 is 24.1 Å². The van der Waals surface area contributed by atoms with Crippen molar-refractivity contribution in [3.63, 3.8) is 0 Å². The normalized spacial score (nSPS) is 26.4. The molecule has 14 nitrogen and oxygen atoms in total. The first-order valence-electron chi connectivity index (χ1n) is 19.7. The van der Waals surface area contributed by atoms with Crippen LogP contribution < -0.4 is 10.6 Å². The summed E-state index contributed by atoms with van der Waals surface area (Å²) < 4.78 is 15.9. The molecular weight excluding hydrogens is 696 g/mol. The number of esters is 1. The summed E-state index contributed by atoms with van der Waals surface area (Å²) in [5, 5.41) is 15.1. The molecule has 4 aliphatic rings. The average molecular weight is 765 g/mol. The molecule has 0 spiro atoms. The monoisotopic (exact) mass is 764 g/mol. The van der Waals surface area contributed by atoms with E-state index in [9.17, 15) is 33.9 Å². The minimum atomic E-state index is -0.960. The van der Waals surface area contributed by atoms with Crippen LogP contribution in [-0.4, -0.2) is 106 Å². The molecule has 2 heterocycles. The number of alkyl carbamates (subject to hydrolysis) is 2. The summed E-state index contributed by atoms with van der Waals surface area (Å²) in [4.78, 5) is 78.9. The standard InChI is InChI=1S/C21H36N2O5.C19H32N2O5/c1-8-27-18(25)15-14-11-9-10-13(14)12-23(15)17(24)16(20(2,3)4)22-19(26)28-21(5,6)7;1-18(2,3)14(20-17(25)26-19(4,5)6)15(22)21-10-11-8-7-9-12(11)13(21)16(23)24/h13-16H,8-12H2,1-7H3,(H,22,26);11-14H,7-10H2,1-6H3,(H,20,25)(H,23,24)/t13-,14-,15-,16+;11-,12-,13-,14+/m00/s1. The van der Waals surface area contributed by atoms with E-state index in [1.54, 1.807) is 53.4 Å². The minimum Gasteiger partial charge on any atom is -0.480 e. The molecule has 0 aromatic rings. The SMILES string of the molecule is CC(C)(C)OC(=O)N[C@H](C(=O)N1C[C@@H]2CCC[C@@H]2[C@H]1C(=O)O)C(C)(C)C.CCOC(=O)[C@@H]1[C@H]2CCC[C@H]2CN1C(=O)[C@@H](NC(=O)OC(C)(C)C)C(C)(C)C. The van der Waals surface area contributed by atoms with Crippen LogP contribution in [0.5, 0.6) is 0 Å². The molecule has 308 valence electrons. The Morgan fingerprint density at radius 3 is 1.33 bits per heavy atom. The van der Waals surface area contributed by atoms with Gasteiger partial charge < -0.3 is 39.8 Å². The highest BCUT2D eigenvalue weighted by molar-refractivity contribution is 5.92. The van der Waals surface area contributed by atoms with E-state index in [4.69, 9.17) is 14.2 Å². The second kappa shape index (κ2) is 17.1. The number of carbonyl (C=O) groups excluding carboxylic acids is 5. The van der Waals surface area contributed by atoms with Crippen molar-refractivity contribution in [1.82, 2.24) is 20.4 Å². The molecule has 0 aromatic carbocycles. The molecule has 2 saturated heterocycles. The highest BCUT2D eigenvalue weighted by atomic mass is 16.6. The van der Waals surface area contributed by atoms with Gasteiger partial charge in [0.25, 0.3) is 0 Å². The number of likely N-dealkylation sites (tertiary alicyclic amines) is 2. The number of ether oxygens (including phenoxy) is 3. The van der Waals surface area contributed by atoms with Crippen molar-refractivity contribution in [1.29, 1.82) is 0 Å². The van der Waals surface area contributed by atoms with Crippen LogP contribution in [0.2, 0.25) is 0 Å². The number of hydrogen-bond acceptors (Lipinski definition) is 9. The lowest BCUT2D eigenvalue weighted by Crippen LogP contribution is -2.58. The summed E-state index contributed by atoms with van der Waals surface area (Å²) in [6.07, 6.45) is 4.53. The van der Waals surface area contributed by atoms with Gasteiger partial charge in [0.15, 0.2) is 0 Å². The zero-order valence-corrected chi connectivity index (χ0v) is 35.0. The number of fused-ring (bicyclic) bond motifs is 2. The third kappa shape index (κ3) is 11.5. The smallest absolute Gasteiger partial charge is 0.408 e. The maximum atomic E-state index is 13.5. The van der Waals surface area contributed by atoms with Crippen LogP contribution in [0.4, 0.5) is 9.59 Å². The van der Waals surface area contributed by atoms with Crippen molar-refractivity contribution in [2.45, 2.75) is 164 Å². The first kappa shape index (κ1) is 44.8. The van der Waals surface area contributed by atoms with E-state index in [-0.39, 0.29) is 42.1 Å². The maximum Gasteiger partial charge on any atom is 0.408 e. The van der Waals surface area contributed by atoms with Crippen molar-refractivity contribution in [2.75, 3.05) is 19.7 Å². The number of carbonyl (C=O) groups is 6. The van der Waals surface area contributed by atoms with Gasteiger partial charge in [-0.15, -0.1) is 0 Å². The van der Waals surface area contributed by atoms with Gasteiger partial charge in [0, 0.05) is 13.1 Å². The zero-order valence-electron chi connectivity index (χ0n) is 35.0. The summed E-state index contributed by atoms with van der Waals surface area (Å²) in [7, 11) is 0. The van der Waals surface area contributed by atoms with Crippen LogP contribution >= 0.6 is 0 Å². The Labute approximate surface area is 322 Å². The van der Waals surface area contributed by atoms with Crippen molar-refractivity contribution >= 4 is 35.9 Å². The highest BCUT2D eigenvalue weighted by Gasteiger charge is 2.53. The number of hydrogen-bond donors (Lipinski definition) is 3. The average Bonchev–Trinajstić information content (AvgIpc) is 3.76. The molecule has 0 bridgehead atoms. The Bertz CT molecular complexity index is 1390. The lowest BCUT2D eigenvalue weighted by atomic mass is 9.85. The van der Waals surface area contributed by atoms with Gasteiger partial charge in [-0.2, -0.15) is 0 Å². The van der Waals surface area contributed by atoms with Gasteiger partial charge in [-0.1, -0.05) is 54.4 Å². The van der Waals surface area contributed by atoms with Crippen LogP contribution in [0.3, 0.4) is 0 Å². The Morgan fingerprint density at radius 1 is 0.630 bits per heavy atom. The van der Waals surface area contributed by atoms with Gasteiger partial charge in [-0.25, -0.2) is 19.2 Å². The zero-order chi connectivity index (χ0) is 41.1. The Hall–Kier alpha value is -3.58. The molecule has 0 aromatic heterocycles. The fraction of sp³-hybridized carbons (Fsp3) is 0.850. The number of rotatable bonds is 7. The van der Waals surface area contributed by atoms with Gasteiger partial charge in [0.2, 0.25) is 11.8 Å². The summed E-state index contributed by atoms with van der Waals surface area (Å²) in [6.45, 7) is 24.8. The first-order valence-corrected chi connectivity index (χ1v) is 19.7. The van der Waals surface area contributed by atoms with Crippen LogP contribution in [0.15, 0.2) is 0 Å². The van der Waals surface area contributed by atoms with E-state index in [2.05, 4.69) is 10.6 Å². The van der Waals surface area contributed by atoms with E-state index in [0.717, 1.165) is 38.5 Å². The fourth-order valence-electron chi connectivity index (χ4n) is 8.39. The molecule has 4 fully saturated rings. The van der Waals surface area contributed by atoms with Gasteiger partial charge in [0.1, 0.15) is 35.4 Å². The van der Waals surface area contributed by atoms with Crippen molar-refractivity contribution < 1.29 is 48.1 Å². The maximum absolute atomic E-state index is 13.5. The second-order valence-electron chi connectivity index (χ2n) is 19.6. The van der Waals surface area contributed by atoms with Crippen LogP contribution in [0, 0.1) is 34.5 Å². The number of aliphatic carboxylic acids is 1. The second-order valence-corrected chi connectivity index (χ2v) is 19.6. The third-order valence-corrected chi connectivity index (χ3v) is 10.7. The number of nitrogens with one attached hydrogen (secondary N) is 2. The molecule has 2 aliphatic heterocycles. The van der Waals surface area contributed by atoms with Crippen molar-refractivity contribution in [3.8, 4) is 0 Å². The summed E-state index contributed by atoms with van der Waals surface area (Å²) in [6, 6.07) is -3.01. The lowest BCUT2D eigenvalue weighted by molar-refractivity contribution is -0.155. The topological polar surface area (TPSA) is 181 Å². The van der Waals surface area contributed by atoms with Crippen LogP contribution in [0.1, 0.15) is 129 Å². The van der Waals surface area contributed by atoms with E-state index in [1.165, 1.54) is 4.90 Å². The molecule has 0 unspecified atom stereocenters. The molecular formula is C40H68N4O10. The summed E-state index contributed by atoms with van der Waals surface area (Å²) in [5.74, 6) is -1.17. The first-order chi connectivity index (χ1) is 24.7. The predicted octanol–water partition coefficient (Wildman–Crippen LogP) is 5.75. The quantitative estimate of drug-likeness (QED) is 0.213. The summed E-state index contributed by atoms with van der Waals surface area (Å²) in [5.41, 5.74) is -2.45. The van der Waals surface area contributed by atoms with Gasteiger partial charge in [-0.3, -0.25) is 9.59 Å². The molecule has 0 radical (unpaired) electrons. The number of carboxylic acids is 1. The largest absolute Gasteiger partial charge is 0.480 e. The number of carboxylic acid groups (broad SMARTS) is 1. The molecule has 54 heavy (non-hydrogen) atoms.